The zero-order valence-electron chi connectivity index (χ0n) is 12.5. The predicted molar refractivity (Wildman–Crippen MR) is 76.5 cm³/mol. The average molecular weight is 338 g/mol. The number of hydrogen-bond acceptors (Lipinski definition) is 11. The van der Waals surface area contributed by atoms with E-state index in [4.69, 9.17) is 37.1 Å². The van der Waals surface area contributed by atoms with Gasteiger partial charge in [-0.25, -0.2) is 0 Å². The van der Waals surface area contributed by atoms with Crippen LogP contribution < -0.4 is 22.9 Å². The van der Waals surface area contributed by atoms with E-state index in [1.165, 1.54) is 0 Å². The van der Waals surface area contributed by atoms with Gasteiger partial charge in [0.2, 0.25) is 0 Å². The zero-order valence-corrected chi connectivity index (χ0v) is 12.5. The Morgan fingerprint density at radius 3 is 1.35 bits per heavy atom. The number of aliphatic hydroxyl groups is 4. The smallest absolute Gasteiger partial charge is 0.189 e. The molecular formula is C12H26N4O7. The van der Waals surface area contributed by atoms with Crippen molar-refractivity contribution in [2.45, 2.75) is 61.3 Å². The van der Waals surface area contributed by atoms with E-state index in [0.29, 0.717) is 0 Å². The average Bonchev–Trinajstić information content (AvgIpc) is 2.55. The normalized spacial score (nSPS) is 51.7. The maximum atomic E-state index is 10.0. The molecule has 0 aliphatic carbocycles. The molecule has 23 heavy (non-hydrogen) atoms. The highest BCUT2D eigenvalue weighted by molar-refractivity contribution is 4.95. The molecule has 0 amide bonds. The number of ether oxygens (including phenoxy) is 3. The first kappa shape index (κ1) is 18.9. The van der Waals surface area contributed by atoms with Crippen molar-refractivity contribution < 1.29 is 34.6 Å². The Morgan fingerprint density at radius 1 is 0.696 bits per heavy atom. The third-order valence-electron chi connectivity index (χ3n) is 4.26. The number of aliphatic hydroxyl groups excluding tert-OH is 4. The summed E-state index contributed by atoms with van der Waals surface area (Å²) in [4.78, 5) is 0. The van der Waals surface area contributed by atoms with Crippen LogP contribution in [0.1, 0.15) is 0 Å². The van der Waals surface area contributed by atoms with Crippen LogP contribution in [0.15, 0.2) is 0 Å². The van der Waals surface area contributed by atoms with Gasteiger partial charge in [-0.1, -0.05) is 0 Å². The van der Waals surface area contributed by atoms with Crippen molar-refractivity contribution in [1.29, 1.82) is 0 Å². The molecule has 10 atom stereocenters. The molecule has 2 aliphatic heterocycles. The predicted octanol–water partition coefficient (Wildman–Crippen LogP) is -5.53. The van der Waals surface area contributed by atoms with E-state index in [1.807, 2.05) is 0 Å². The van der Waals surface area contributed by atoms with Gasteiger partial charge in [-0.2, -0.15) is 0 Å². The van der Waals surface area contributed by atoms with E-state index < -0.39 is 61.3 Å². The summed E-state index contributed by atoms with van der Waals surface area (Å²) in [5.41, 5.74) is 22.4. The van der Waals surface area contributed by atoms with E-state index in [1.54, 1.807) is 0 Å². The molecule has 2 heterocycles. The van der Waals surface area contributed by atoms with Gasteiger partial charge in [0.1, 0.15) is 24.4 Å². The Kier molecular flexibility index (Phi) is 6.27. The first-order chi connectivity index (χ1) is 10.8. The number of rotatable bonds is 4. The van der Waals surface area contributed by atoms with Crippen LogP contribution >= 0.6 is 0 Å². The molecule has 11 heteroatoms. The Morgan fingerprint density at radius 2 is 1.04 bits per heavy atom. The highest BCUT2D eigenvalue weighted by Crippen LogP contribution is 2.26. The Balaban J connectivity index is 2.07. The lowest BCUT2D eigenvalue weighted by molar-refractivity contribution is -0.355. The molecule has 0 saturated carbocycles. The van der Waals surface area contributed by atoms with Crippen LogP contribution in [0.3, 0.4) is 0 Å². The summed E-state index contributed by atoms with van der Waals surface area (Å²) in [5.74, 6) is 0. The van der Waals surface area contributed by atoms with Crippen LogP contribution in [0.2, 0.25) is 0 Å². The SMILES string of the molecule is NC[C@H]1O[C@H](O[C@H]2O[C@H](CN)[C@@H](N)[C@H](O)[C@H]2O)[C@H](O)[C@@H](O)[C@@H]1N. The fourth-order valence-electron chi connectivity index (χ4n) is 2.69. The van der Waals surface area contributed by atoms with Crippen molar-refractivity contribution in [2.24, 2.45) is 22.9 Å². The Labute approximate surface area is 133 Å². The first-order valence-corrected chi connectivity index (χ1v) is 7.41. The van der Waals surface area contributed by atoms with Gasteiger partial charge in [0, 0.05) is 13.1 Å². The van der Waals surface area contributed by atoms with Crippen LogP contribution in [-0.2, 0) is 14.2 Å². The molecule has 2 rings (SSSR count). The van der Waals surface area contributed by atoms with Crippen LogP contribution in [-0.4, -0.2) is 94.8 Å². The van der Waals surface area contributed by atoms with Gasteiger partial charge >= 0.3 is 0 Å². The van der Waals surface area contributed by atoms with Crippen LogP contribution in [0.5, 0.6) is 0 Å². The van der Waals surface area contributed by atoms with Gasteiger partial charge < -0.3 is 57.6 Å². The van der Waals surface area contributed by atoms with Crippen LogP contribution in [0.25, 0.3) is 0 Å². The number of hydrogen-bond donors (Lipinski definition) is 8. The molecule has 136 valence electrons. The van der Waals surface area contributed by atoms with Gasteiger partial charge in [-0.15, -0.1) is 0 Å². The van der Waals surface area contributed by atoms with E-state index >= 15 is 0 Å². The van der Waals surface area contributed by atoms with Crippen molar-refractivity contribution in [3.8, 4) is 0 Å². The van der Waals surface area contributed by atoms with Crippen molar-refractivity contribution >= 4 is 0 Å². The highest BCUT2D eigenvalue weighted by atomic mass is 16.8. The van der Waals surface area contributed by atoms with Crippen molar-refractivity contribution in [1.82, 2.24) is 0 Å². The van der Waals surface area contributed by atoms with Gasteiger partial charge in [-0.05, 0) is 0 Å². The third kappa shape index (κ3) is 3.65. The molecular weight excluding hydrogens is 312 g/mol. The monoisotopic (exact) mass is 338 g/mol. The van der Waals surface area contributed by atoms with E-state index in [0.717, 1.165) is 0 Å². The van der Waals surface area contributed by atoms with Crippen molar-refractivity contribution in [3.63, 3.8) is 0 Å². The summed E-state index contributed by atoms with van der Waals surface area (Å²) in [7, 11) is 0. The van der Waals surface area contributed by atoms with E-state index in [2.05, 4.69) is 0 Å². The van der Waals surface area contributed by atoms with Gasteiger partial charge in [0.15, 0.2) is 12.6 Å². The molecule has 2 aliphatic rings. The second kappa shape index (κ2) is 7.63. The van der Waals surface area contributed by atoms with Crippen molar-refractivity contribution in [2.75, 3.05) is 13.1 Å². The summed E-state index contributed by atoms with van der Waals surface area (Å²) in [6, 6.07) is -1.77. The lowest BCUT2D eigenvalue weighted by Crippen LogP contribution is -2.67. The second-order valence-electron chi connectivity index (χ2n) is 5.81. The van der Waals surface area contributed by atoms with Gasteiger partial charge in [0.25, 0.3) is 0 Å². The molecule has 0 aromatic rings. The molecule has 12 N–H and O–H groups in total. The lowest BCUT2D eigenvalue weighted by Gasteiger charge is -2.45. The zero-order chi connectivity index (χ0) is 17.3. The minimum Gasteiger partial charge on any atom is -0.388 e. The highest BCUT2D eigenvalue weighted by Gasteiger charge is 2.48. The van der Waals surface area contributed by atoms with E-state index in [-0.39, 0.29) is 13.1 Å². The van der Waals surface area contributed by atoms with Gasteiger partial charge in [-0.3, -0.25) is 0 Å². The molecule has 0 unspecified atom stereocenters. The minimum absolute atomic E-state index is 0.00217. The van der Waals surface area contributed by atoms with Gasteiger partial charge in [0.05, 0.1) is 24.3 Å². The molecule has 0 bridgehead atoms. The summed E-state index contributed by atoms with van der Waals surface area (Å²) < 4.78 is 16.2. The first-order valence-electron chi connectivity index (χ1n) is 7.41. The maximum Gasteiger partial charge on any atom is 0.189 e. The fraction of sp³-hybridized carbons (Fsp3) is 1.00. The maximum absolute atomic E-state index is 10.0. The third-order valence-corrected chi connectivity index (χ3v) is 4.26. The summed E-state index contributed by atoms with van der Waals surface area (Å²) in [6.07, 6.45) is -9.83. The topological polar surface area (TPSA) is 213 Å². The Bertz CT molecular complexity index is 354. The number of nitrogens with two attached hydrogens (primary N) is 4. The quantitative estimate of drug-likeness (QED) is 0.242. The van der Waals surface area contributed by atoms with Crippen LogP contribution in [0, 0.1) is 0 Å². The summed E-state index contributed by atoms with van der Waals surface area (Å²) >= 11 is 0. The van der Waals surface area contributed by atoms with Crippen LogP contribution in [0.4, 0.5) is 0 Å². The molecule has 2 fully saturated rings. The molecule has 2 saturated heterocycles. The summed E-state index contributed by atoms with van der Waals surface area (Å²) in [6.45, 7) is -0.00435. The Hall–Kier alpha value is -0.440. The van der Waals surface area contributed by atoms with Crippen molar-refractivity contribution in [3.05, 3.63) is 0 Å². The summed E-state index contributed by atoms with van der Waals surface area (Å²) in [5, 5.41) is 39.9. The fourth-order valence-corrected chi connectivity index (χ4v) is 2.69. The minimum atomic E-state index is -1.48. The lowest BCUT2D eigenvalue weighted by atomic mass is 9.96. The molecule has 0 radical (unpaired) electrons. The molecule has 11 nitrogen and oxygen atoms in total. The standard InChI is InChI=1S/C12H26N4O7/c13-1-3-5(15)7(17)9(19)11(21-3)23-12-10(20)8(18)6(16)4(2-14)22-12/h3-12,17-20H,1-2,13-16H2/t3-,4-,5-,6-,7+,8+,9-,10-,11-,12-/m1/s1. The molecule has 0 aromatic carbocycles. The van der Waals surface area contributed by atoms with E-state index in [9.17, 15) is 20.4 Å². The second-order valence-corrected chi connectivity index (χ2v) is 5.81. The molecule has 0 aromatic heterocycles. The molecule has 0 spiro atoms. The largest absolute Gasteiger partial charge is 0.388 e.